The van der Waals surface area contributed by atoms with Crippen LogP contribution in [0.25, 0.3) is 0 Å². The van der Waals surface area contributed by atoms with Gasteiger partial charge >= 0.3 is 0 Å². The van der Waals surface area contributed by atoms with Crippen LogP contribution in [-0.4, -0.2) is 52.3 Å². The Kier molecular flexibility index (Phi) is 8.11. The van der Waals surface area contributed by atoms with Crippen LogP contribution in [0.4, 0.5) is 0 Å². The Labute approximate surface area is 138 Å². The van der Waals surface area contributed by atoms with Gasteiger partial charge in [-0.2, -0.15) is 0 Å². The van der Waals surface area contributed by atoms with Crippen LogP contribution in [0, 0.1) is 0 Å². The number of methoxy groups -OCH3 is 1. The topological polar surface area (TPSA) is 74.8 Å². The monoisotopic (exact) mass is 320 g/mol. The molecule has 0 spiro atoms. The number of nitrogens with zero attached hydrogens (tertiary/aromatic N) is 1. The van der Waals surface area contributed by atoms with Crippen molar-refractivity contribution in [3.63, 3.8) is 0 Å². The smallest absolute Gasteiger partial charge is 0.239 e. The Bertz CT molecular complexity index is 501. The Hall–Kier alpha value is -2.08. The number of benzene rings is 1. The molecule has 3 N–H and O–H groups in total. The molecule has 0 aliphatic carbocycles. The van der Waals surface area contributed by atoms with E-state index in [-0.39, 0.29) is 17.9 Å². The standard InChI is InChI=1S/C17H28N4O2/c1-17(2,14-8-6-5-7-9-14)13-21-16(18-3)20-12-15(22)19-10-11-23-4/h5-9H,10-13H2,1-4H3,(H,19,22)(H2,18,20,21). The lowest BCUT2D eigenvalue weighted by Crippen LogP contribution is -2.46. The highest BCUT2D eigenvalue weighted by Crippen LogP contribution is 2.21. The lowest BCUT2D eigenvalue weighted by atomic mass is 9.85. The maximum Gasteiger partial charge on any atom is 0.239 e. The molecule has 0 fully saturated rings. The third-order valence-corrected chi connectivity index (χ3v) is 3.52. The molecule has 1 aromatic rings. The number of hydrogen-bond donors (Lipinski definition) is 3. The zero-order chi connectivity index (χ0) is 17.1. The molecule has 0 aliphatic heterocycles. The van der Waals surface area contributed by atoms with Crippen molar-refractivity contribution in [2.45, 2.75) is 19.3 Å². The van der Waals surface area contributed by atoms with Crippen LogP contribution < -0.4 is 16.0 Å². The predicted octanol–water partition coefficient (Wildman–Crippen LogP) is 0.892. The van der Waals surface area contributed by atoms with Crippen molar-refractivity contribution in [3.05, 3.63) is 35.9 Å². The van der Waals surface area contributed by atoms with E-state index in [4.69, 9.17) is 4.74 Å². The summed E-state index contributed by atoms with van der Waals surface area (Å²) >= 11 is 0. The zero-order valence-electron chi connectivity index (χ0n) is 14.5. The molecule has 1 rings (SSSR count). The summed E-state index contributed by atoms with van der Waals surface area (Å²) in [6, 6.07) is 10.3. The minimum Gasteiger partial charge on any atom is -0.383 e. The van der Waals surface area contributed by atoms with Gasteiger partial charge in [0, 0.05) is 32.7 Å². The number of aliphatic imine (C=N–C) groups is 1. The average Bonchev–Trinajstić information content (AvgIpc) is 2.56. The van der Waals surface area contributed by atoms with Crippen molar-refractivity contribution in [2.24, 2.45) is 4.99 Å². The van der Waals surface area contributed by atoms with Crippen LogP contribution in [0.3, 0.4) is 0 Å². The van der Waals surface area contributed by atoms with Crippen LogP contribution in [-0.2, 0) is 14.9 Å². The van der Waals surface area contributed by atoms with Gasteiger partial charge in [-0.25, -0.2) is 0 Å². The molecule has 0 heterocycles. The Balaban J connectivity index is 2.41. The molecule has 0 aromatic heterocycles. The van der Waals surface area contributed by atoms with Gasteiger partial charge in [-0.15, -0.1) is 0 Å². The van der Waals surface area contributed by atoms with Gasteiger partial charge in [-0.3, -0.25) is 9.79 Å². The van der Waals surface area contributed by atoms with Crippen LogP contribution in [0.15, 0.2) is 35.3 Å². The summed E-state index contributed by atoms with van der Waals surface area (Å²) in [7, 11) is 3.29. The first-order valence-corrected chi connectivity index (χ1v) is 7.75. The molecule has 0 unspecified atom stereocenters. The van der Waals surface area contributed by atoms with Gasteiger partial charge in [-0.1, -0.05) is 44.2 Å². The molecule has 6 nitrogen and oxygen atoms in total. The molecule has 6 heteroatoms. The number of carbonyl (C=O) groups is 1. The fraction of sp³-hybridized carbons (Fsp3) is 0.529. The molecule has 0 bridgehead atoms. The van der Waals surface area contributed by atoms with Crippen molar-refractivity contribution < 1.29 is 9.53 Å². The molecular weight excluding hydrogens is 292 g/mol. The van der Waals surface area contributed by atoms with Gasteiger partial charge in [0.05, 0.1) is 13.2 Å². The summed E-state index contributed by atoms with van der Waals surface area (Å²) in [5, 5.41) is 9.02. The van der Waals surface area contributed by atoms with E-state index in [1.807, 2.05) is 18.2 Å². The summed E-state index contributed by atoms with van der Waals surface area (Å²) in [5.74, 6) is 0.517. The average molecular weight is 320 g/mol. The largest absolute Gasteiger partial charge is 0.383 e. The van der Waals surface area contributed by atoms with Gasteiger partial charge in [0.2, 0.25) is 5.91 Å². The van der Waals surface area contributed by atoms with Crippen LogP contribution >= 0.6 is 0 Å². The Morgan fingerprint density at radius 1 is 1.17 bits per heavy atom. The van der Waals surface area contributed by atoms with Crippen molar-refractivity contribution >= 4 is 11.9 Å². The molecule has 0 atom stereocenters. The fourth-order valence-electron chi connectivity index (χ4n) is 2.04. The van der Waals surface area contributed by atoms with E-state index in [0.717, 1.165) is 0 Å². The second-order valence-electron chi connectivity index (χ2n) is 5.87. The van der Waals surface area contributed by atoms with Crippen LogP contribution in [0.1, 0.15) is 19.4 Å². The zero-order valence-corrected chi connectivity index (χ0v) is 14.5. The molecule has 1 amide bonds. The third-order valence-electron chi connectivity index (χ3n) is 3.52. The number of carbonyl (C=O) groups excluding carboxylic acids is 1. The van der Waals surface area contributed by atoms with Gasteiger partial charge in [0.1, 0.15) is 0 Å². The molecule has 1 aromatic carbocycles. The first-order chi connectivity index (χ1) is 11.0. The van der Waals surface area contributed by atoms with Crippen molar-refractivity contribution in [3.8, 4) is 0 Å². The first-order valence-electron chi connectivity index (χ1n) is 7.75. The van der Waals surface area contributed by atoms with Gasteiger partial charge < -0.3 is 20.7 Å². The Morgan fingerprint density at radius 2 is 1.87 bits per heavy atom. The van der Waals surface area contributed by atoms with Gasteiger partial charge in [-0.05, 0) is 5.56 Å². The second kappa shape index (κ2) is 9.84. The quantitative estimate of drug-likeness (QED) is 0.378. The highest BCUT2D eigenvalue weighted by atomic mass is 16.5. The number of ether oxygens (including phenoxy) is 1. The van der Waals surface area contributed by atoms with Crippen LogP contribution in [0.2, 0.25) is 0 Å². The summed E-state index contributed by atoms with van der Waals surface area (Å²) in [6.45, 7) is 6.23. The summed E-state index contributed by atoms with van der Waals surface area (Å²) in [4.78, 5) is 15.8. The Morgan fingerprint density at radius 3 is 2.48 bits per heavy atom. The van der Waals surface area contributed by atoms with E-state index in [1.165, 1.54) is 5.56 Å². The molecule has 0 saturated heterocycles. The van der Waals surface area contributed by atoms with E-state index in [9.17, 15) is 4.79 Å². The lowest BCUT2D eigenvalue weighted by Gasteiger charge is -2.26. The predicted molar refractivity (Wildman–Crippen MR) is 93.7 cm³/mol. The minimum atomic E-state index is -0.0904. The van der Waals surface area contributed by atoms with E-state index in [2.05, 4.69) is 46.9 Å². The van der Waals surface area contributed by atoms with Gasteiger partial charge in [0.25, 0.3) is 0 Å². The highest BCUT2D eigenvalue weighted by Gasteiger charge is 2.20. The molecular formula is C17H28N4O2. The highest BCUT2D eigenvalue weighted by molar-refractivity contribution is 5.86. The van der Waals surface area contributed by atoms with E-state index >= 15 is 0 Å². The molecule has 0 radical (unpaired) electrons. The number of hydrogen-bond acceptors (Lipinski definition) is 3. The lowest BCUT2D eigenvalue weighted by molar-refractivity contribution is -0.120. The van der Waals surface area contributed by atoms with Crippen molar-refractivity contribution in [1.82, 2.24) is 16.0 Å². The fourth-order valence-corrected chi connectivity index (χ4v) is 2.04. The maximum absolute atomic E-state index is 11.6. The van der Waals surface area contributed by atoms with E-state index in [1.54, 1.807) is 14.2 Å². The number of rotatable bonds is 8. The van der Waals surface area contributed by atoms with Crippen LogP contribution in [0.5, 0.6) is 0 Å². The summed E-state index contributed by atoms with van der Waals surface area (Å²) < 4.78 is 4.89. The van der Waals surface area contributed by atoms with Crippen molar-refractivity contribution in [1.29, 1.82) is 0 Å². The molecule has 0 aliphatic rings. The first kappa shape index (κ1) is 19.0. The van der Waals surface area contributed by atoms with Gasteiger partial charge in [0.15, 0.2) is 5.96 Å². The SMILES string of the molecule is CN=C(NCC(=O)NCCOC)NCC(C)(C)c1ccccc1. The molecule has 23 heavy (non-hydrogen) atoms. The molecule has 128 valence electrons. The summed E-state index contributed by atoms with van der Waals surface area (Å²) in [5.41, 5.74) is 1.21. The molecule has 0 saturated carbocycles. The maximum atomic E-state index is 11.6. The number of amides is 1. The minimum absolute atomic E-state index is 0.0421. The number of nitrogens with one attached hydrogen (secondary N) is 3. The van der Waals surface area contributed by atoms with E-state index in [0.29, 0.717) is 25.7 Å². The third kappa shape index (κ3) is 7.15. The second-order valence-corrected chi connectivity index (χ2v) is 5.87. The van der Waals surface area contributed by atoms with Crippen molar-refractivity contribution in [2.75, 3.05) is 40.4 Å². The normalized spacial score (nSPS) is 11.9. The number of guanidine groups is 1. The van der Waals surface area contributed by atoms with E-state index < -0.39 is 0 Å². The summed E-state index contributed by atoms with van der Waals surface area (Å²) in [6.07, 6.45) is 0.